The number of carbonyl (C=O) groups excluding carboxylic acids is 1. The Labute approximate surface area is 135 Å². The number of aromatic nitrogens is 2. The number of hydrogen-bond acceptors (Lipinski definition) is 2. The summed E-state index contributed by atoms with van der Waals surface area (Å²) < 4.78 is 27.0. The number of hydrogen-bond donors (Lipinski definition) is 1. The first-order valence-corrected chi connectivity index (χ1v) is 7.61. The van der Waals surface area contributed by atoms with E-state index in [-0.39, 0.29) is 22.6 Å². The minimum absolute atomic E-state index is 0.118. The highest BCUT2D eigenvalue weighted by atomic mass is 79.9. The van der Waals surface area contributed by atoms with Crippen molar-refractivity contribution in [2.24, 2.45) is 0 Å². The lowest BCUT2D eigenvalue weighted by atomic mass is 10.1. The van der Waals surface area contributed by atoms with Crippen LogP contribution in [0.1, 0.15) is 30.3 Å². The molecule has 0 spiro atoms. The Kier molecular flexibility index (Phi) is 5.28. The smallest absolute Gasteiger partial charge is 0.283 e. The zero-order chi connectivity index (χ0) is 16.3. The maximum atomic E-state index is 12.8. The number of aryl methyl sites for hydroxylation is 1. The van der Waals surface area contributed by atoms with Gasteiger partial charge in [0.25, 0.3) is 6.43 Å². The minimum Gasteiger partial charge on any atom is -0.324 e. The fourth-order valence-corrected chi connectivity index (χ4v) is 2.46. The number of nitrogens with one attached hydrogen (secondary N) is 1. The zero-order valence-corrected chi connectivity index (χ0v) is 13.8. The highest BCUT2D eigenvalue weighted by Crippen LogP contribution is 2.28. The van der Waals surface area contributed by atoms with E-state index in [0.29, 0.717) is 11.4 Å². The Hall–Kier alpha value is -1.76. The first-order valence-electron chi connectivity index (χ1n) is 6.82. The number of amides is 1. The van der Waals surface area contributed by atoms with E-state index >= 15 is 0 Å². The van der Waals surface area contributed by atoms with Crippen molar-refractivity contribution in [3.8, 4) is 0 Å². The summed E-state index contributed by atoms with van der Waals surface area (Å²) >= 11 is 3.08. The molecule has 0 bridgehead atoms. The molecule has 0 atom stereocenters. The van der Waals surface area contributed by atoms with Gasteiger partial charge in [0, 0.05) is 5.69 Å². The van der Waals surface area contributed by atoms with E-state index in [0.717, 1.165) is 6.42 Å². The minimum atomic E-state index is -2.68. The lowest BCUT2D eigenvalue weighted by molar-refractivity contribution is -0.117. The molecule has 0 aliphatic carbocycles. The monoisotopic (exact) mass is 371 g/mol. The predicted octanol–water partition coefficient (Wildman–Crippen LogP) is 4.09. The molecule has 1 amide bonds. The number of nitrogens with zero attached hydrogens (tertiary/aromatic N) is 2. The molecule has 1 aromatic carbocycles. The maximum absolute atomic E-state index is 12.8. The normalized spacial score (nSPS) is 11.0. The largest absolute Gasteiger partial charge is 0.324 e. The second-order valence-corrected chi connectivity index (χ2v) is 5.63. The molecular weight excluding hydrogens is 356 g/mol. The summed E-state index contributed by atoms with van der Waals surface area (Å²) in [5.41, 5.74) is 1.98. The molecule has 1 heterocycles. The Bertz CT molecular complexity index is 668. The second kappa shape index (κ2) is 7.00. The first kappa shape index (κ1) is 16.6. The molecule has 2 rings (SSSR count). The number of anilines is 1. The third-order valence-corrected chi connectivity index (χ3v) is 4.28. The van der Waals surface area contributed by atoms with Gasteiger partial charge in [-0.3, -0.25) is 9.48 Å². The summed E-state index contributed by atoms with van der Waals surface area (Å²) in [6, 6.07) is 7.49. The van der Waals surface area contributed by atoms with Crippen molar-refractivity contribution in [2.75, 3.05) is 5.32 Å². The summed E-state index contributed by atoms with van der Waals surface area (Å²) in [5, 5.41) is 6.50. The molecular formula is C15H16BrF2N3O. The molecule has 118 valence electrons. The first-order chi connectivity index (χ1) is 10.4. The standard InChI is InChI=1S/C15H16BrF2N3O/c1-3-10-4-6-11(7-5-10)19-12(22)8-21-9(2)13(16)14(20-21)15(17)18/h4-7,15H,3,8H2,1-2H3,(H,19,22). The maximum Gasteiger partial charge on any atom is 0.283 e. The fraction of sp³-hybridized carbons (Fsp3) is 0.333. The van der Waals surface area contributed by atoms with E-state index in [1.165, 1.54) is 10.2 Å². The van der Waals surface area contributed by atoms with Crippen molar-refractivity contribution < 1.29 is 13.6 Å². The molecule has 22 heavy (non-hydrogen) atoms. The van der Waals surface area contributed by atoms with E-state index in [1.54, 1.807) is 6.92 Å². The number of alkyl halides is 2. The summed E-state index contributed by atoms with van der Waals surface area (Å²) in [5.74, 6) is -0.317. The predicted molar refractivity (Wildman–Crippen MR) is 84.1 cm³/mol. The van der Waals surface area contributed by atoms with Gasteiger partial charge in [-0.1, -0.05) is 19.1 Å². The molecule has 0 unspecified atom stereocenters. The van der Waals surface area contributed by atoms with Crippen LogP contribution in [0, 0.1) is 6.92 Å². The topological polar surface area (TPSA) is 46.9 Å². The van der Waals surface area contributed by atoms with Gasteiger partial charge in [-0.15, -0.1) is 0 Å². The van der Waals surface area contributed by atoms with Crippen LogP contribution in [0.4, 0.5) is 14.5 Å². The van der Waals surface area contributed by atoms with Crippen molar-refractivity contribution in [1.29, 1.82) is 0 Å². The number of carbonyl (C=O) groups is 1. The molecule has 0 aliphatic rings. The van der Waals surface area contributed by atoms with Crippen LogP contribution in [0.25, 0.3) is 0 Å². The van der Waals surface area contributed by atoms with Crippen molar-refractivity contribution in [3.63, 3.8) is 0 Å². The highest BCUT2D eigenvalue weighted by Gasteiger charge is 2.21. The molecule has 0 aliphatic heterocycles. The van der Waals surface area contributed by atoms with Gasteiger partial charge in [-0.05, 0) is 47.0 Å². The van der Waals surface area contributed by atoms with Crippen LogP contribution in [-0.2, 0) is 17.8 Å². The molecule has 2 aromatic rings. The average molecular weight is 372 g/mol. The lowest BCUT2D eigenvalue weighted by Gasteiger charge is -2.07. The van der Waals surface area contributed by atoms with E-state index in [9.17, 15) is 13.6 Å². The van der Waals surface area contributed by atoms with Crippen LogP contribution in [-0.4, -0.2) is 15.7 Å². The fourth-order valence-electron chi connectivity index (χ4n) is 2.00. The summed E-state index contributed by atoms with van der Waals surface area (Å²) in [7, 11) is 0. The number of halogens is 3. The van der Waals surface area contributed by atoms with Crippen LogP contribution in [0.3, 0.4) is 0 Å². The van der Waals surface area contributed by atoms with Gasteiger partial charge in [0.2, 0.25) is 5.91 Å². The van der Waals surface area contributed by atoms with Crippen LogP contribution >= 0.6 is 15.9 Å². The van der Waals surface area contributed by atoms with Gasteiger partial charge in [-0.25, -0.2) is 8.78 Å². The Morgan fingerprint density at radius 3 is 2.50 bits per heavy atom. The van der Waals surface area contributed by atoms with Gasteiger partial charge in [0.15, 0.2) is 0 Å². The van der Waals surface area contributed by atoms with Gasteiger partial charge in [0.05, 0.1) is 10.2 Å². The third-order valence-electron chi connectivity index (χ3n) is 3.30. The molecule has 0 radical (unpaired) electrons. The van der Waals surface area contributed by atoms with Crippen molar-refractivity contribution in [2.45, 2.75) is 33.2 Å². The quantitative estimate of drug-likeness (QED) is 0.859. The van der Waals surface area contributed by atoms with Gasteiger partial charge >= 0.3 is 0 Å². The summed E-state index contributed by atoms with van der Waals surface area (Å²) in [6.07, 6.45) is -1.76. The molecule has 7 heteroatoms. The van der Waals surface area contributed by atoms with Crippen molar-refractivity contribution in [3.05, 3.63) is 45.7 Å². The van der Waals surface area contributed by atoms with Crippen molar-refractivity contribution in [1.82, 2.24) is 9.78 Å². The van der Waals surface area contributed by atoms with E-state index in [4.69, 9.17) is 0 Å². The van der Waals surface area contributed by atoms with E-state index in [1.807, 2.05) is 31.2 Å². The Balaban J connectivity index is 2.07. The van der Waals surface area contributed by atoms with E-state index in [2.05, 4.69) is 26.3 Å². The van der Waals surface area contributed by atoms with Crippen LogP contribution in [0.15, 0.2) is 28.7 Å². The zero-order valence-electron chi connectivity index (χ0n) is 12.2. The number of rotatable bonds is 5. The summed E-state index contributed by atoms with van der Waals surface area (Å²) in [6.45, 7) is 3.56. The Morgan fingerprint density at radius 1 is 1.36 bits per heavy atom. The molecule has 1 aromatic heterocycles. The number of benzene rings is 1. The molecule has 4 nitrogen and oxygen atoms in total. The van der Waals surface area contributed by atoms with Crippen LogP contribution in [0.2, 0.25) is 0 Å². The van der Waals surface area contributed by atoms with Gasteiger partial charge in [-0.2, -0.15) is 5.10 Å². The molecule has 1 N–H and O–H groups in total. The highest BCUT2D eigenvalue weighted by molar-refractivity contribution is 9.10. The van der Waals surface area contributed by atoms with Gasteiger partial charge < -0.3 is 5.32 Å². The SMILES string of the molecule is CCc1ccc(NC(=O)Cn2nc(C(F)F)c(Br)c2C)cc1. The molecule has 0 saturated heterocycles. The third kappa shape index (κ3) is 3.71. The molecule has 0 saturated carbocycles. The average Bonchev–Trinajstić information content (AvgIpc) is 2.76. The summed E-state index contributed by atoms with van der Waals surface area (Å²) in [4.78, 5) is 12.0. The van der Waals surface area contributed by atoms with Crippen LogP contribution < -0.4 is 5.32 Å². The van der Waals surface area contributed by atoms with E-state index < -0.39 is 6.43 Å². The lowest BCUT2D eigenvalue weighted by Crippen LogP contribution is -2.20. The van der Waals surface area contributed by atoms with Crippen LogP contribution in [0.5, 0.6) is 0 Å². The van der Waals surface area contributed by atoms with Gasteiger partial charge in [0.1, 0.15) is 12.2 Å². The Morgan fingerprint density at radius 2 is 2.00 bits per heavy atom. The molecule has 0 fully saturated rings. The second-order valence-electron chi connectivity index (χ2n) is 4.84. The van der Waals surface area contributed by atoms with Crippen molar-refractivity contribution >= 4 is 27.5 Å².